The zero-order valence-electron chi connectivity index (χ0n) is 17.4. The van der Waals surface area contributed by atoms with Gasteiger partial charge in [0, 0.05) is 18.2 Å². The molecule has 0 fully saturated rings. The van der Waals surface area contributed by atoms with Crippen molar-refractivity contribution in [1.82, 2.24) is 5.32 Å². The second-order valence-electron chi connectivity index (χ2n) is 6.63. The van der Waals surface area contributed by atoms with Crippen LogP contribution in [0.1, 0.15) is 24.5 Å². The number of carbonyl (C=O) groups is 1. The van der Waals surface area contributed by atoms with Crippen LogP contribution in [0, 0.1) is 12.3 Å². The third-order valence-corrected chi connectivity index (χ3v) is 4.77. The monoisotopic (exact) mass is 429 g/mol. The van der Waals surface area contributed by atoms with E-state index in [1.165, 1.54) is 0 Å². The number of hydrogen-bond donors (Lipinski definition) is 1. The maximum Gasteiger partial charge on any atom is 0.249 e. The van der Waals surface area contributed by atoms with E-state index in [-0.39, 0.29) is 12.5 Å². The molecule has 6 heteroatoms. The van der Waals surface area contributed by atoms with Gasteiger partial charge < -0.3 is 19.5 Å². The second kappa shape index (κ2) is 12.8. The number of terminal acetylenes is 1. The molecule has 0 aliphatic heterocycles. The standard InChI is InChI=1S/C24H28ClNO4/c1-4-16-30-21-12-9-19(17-23(21)28-3)14-15-26-24(27)22(29-5-2)13-8-18-6-10-20(25)11-7-18/h1,6-7,9-12,17,22H,5,8,13-16H2,2-3H3,(H,26,27)/t22-/m0/s1. The van der Waals surface area contributed by atoms with E-state index >= 15 is 0 Å². The van der Waals surface area contributed by atoms with E-state index in [9.17, 15) is 4.79 Å². The molecule has 1 atom stereocenters. The predicted molar refractivity (Wildman–Crippen MR) is 119 cm³/mol. The van der Waals surface area contributed by atoms with E-state index in [2.05, 4.69) is 11.2 Å². The number of hydrogen-bond acceptors (Lipinski definition) is 4. The Morgan fingerprint density at radius 1 is 1.13 bits per heavy atom. The van der Waals surface area contributed by atoms with Gasteiger partial charge in [0.05, 0.1) is 7.11 Å². The Kier molecular flexibility index (Phi) is 10.1. The number of rotatable bonds is 12. The van der Waals surface area contributed by atoms with Crippen LogP contribution >= 0.6 is 11.6 Å². The van der Waals surface area contributed by atoms with Gasteiger partial charge in [0.25, 0.3) is 0 Å². The lowest BCUT2D eigenvalue weighted by Gasteiger charge is -2.17. The second-order valence-corrected chi connectivity index (χ2v) is 7.06. The molecule has 0 spiro atoms. The van der Waals surface area contributed by atoms with Gasteiger partial charge in [0.2, 0.25) is 5.91 Å². The smallest absolute Gasteiger partial charge is 0.249 e. The Labute approximate surface area is 183 Å². The largest absolute Gasteiger partial charge is 0.493 e. The van der Waals surface area contributed by atoms with Crippen molar-refractivity contribution in [3.05, 3.63) is 58.6 Å². The number of nitrogens with one attached hydrogen (secondary N) is 1. The first-order chi connectivity index (χ1) is 14.6. The van der Waals surface area contributed by atoms with Gasteiger partial charge in [-0.25, -0.2) is 0 Å². The highest BCUT2D eigenvalue weighted by Gasteiger charge is 2.18. The molecule has 2 rings (SSSR count). The summed E-state index contributed by atoms with van der Waals surface area (Å²) in [5.74, 6) is 3.54. The summed E-state index contributed by atoms with van der Waals surface area (Å²) in [4.78, 5) is 12.6. The highest BCUT2D eigenvalue weighted by molar-refractivity contribution is 6.30. The van der Waals surface area contributed by atoms with E-state index in [0.29, 0.717) is 42.5 Å². The first kappa shape index (κ1) is 23.6. The number of methoxy groups -OCH3 is 1. The zero-order valence-corrected chi connectivity index (χ0v) is 18.2. The van der Waals surface area contributed by atoms with E-state index < -0.39 is 6.10 Å². The van der Waals surface area contributed by atoms with Gasteiger partial charge in [-0.05, 0) is 61.6 Å². The minimum Gasteiger partial charge on any atom is -0.493 e. The first-order valence-corrected chi connectivity index (χ1v) is 10.3. The third kappa shape index (κ3) is 7.62. The highest BCUT2D eigenvalue weighted by atomic mass is 35.5. The van der Waals surface area contributed by atoms with Crippen molar-refractivity contribution in [2.24, 2.45) is 0 Å². The van der Waals surface area contributed by atoms with Crippen LogP contribution in [-0.4, -0.2) is 38.9 Å². The van der Waals surface area contributed by atoms with Crippen LogP contribution in [0.5, 0.6) is 11.5 Å². The van der Waals surface area contributed by atoms with Crippen LogP contribution in [0.2, 0.25) is 5.02 Å². The molecule has 0 aliphatic carbocycles. The first-order valence-electron chi connectivity index (χ1n) is 9.94. The lowest BCUT2D eigenvalue weighted by molar-refractivity contribution is -0.132. The van der Waals surface area contributed by atoms with Crippen LogP contribution in [0.25, 0.3) is 0 Å². The van der Waals surface area contributed by atoms with Gasteiger partial charge in [0.1, 0.15) is 12.7 Å². The molecule has 0 unspecified atom stereocenters. The molecule has 1 amide bonds. The average Bonchev–Trinajstić information content (AvgIpc) is 2.76. The molecule has 0 bridgehead atoms. The summed E-state index contributed by atoms with van der Waals surface area (Å²) in [6.07, 6.45) is 6.75. The summed E-state index contributed by atoms with van der Waals surface area (Å²) in [6.45, 7) is 3.05. The zero-order chi connectivity index (χ0) is 21.8. The number of carbonyl (C=O) groups excluding carboxylic acids is 1. The third-order valence-electron chi connectivity index (χ3n) is 4.52. The quantitative estimate of drug-likeness (QED) is 0.517. The normalized spacial score (nSPS) is 11.4. The van der Waals surface area contributed by atoms with Crippen LogP contribution in [0.15, 0.2) is 42.5 Å². The van der Waals surface area contributed by atoms with Crippen molar-refractivity contribution in [2.75, 3.05) is 26.9 Å². The fourth-order valence-corrected chi connectivity index (χ4v) is 3.12. The number of halogens is 1. The Hall–Kier alpha value is -2.68. The molecule has 0 aromatic heterocycles. The van der Waals surface area contributed by atoms with Crippen molar-refractivity contribution in [3.8, 4) is 23.8 Å². The number of benzene rings is 2. The van der Waals surface area contributed by atoms with Gasteiger partial charge in [-0.3, -0.25) is 4.79 Å². The summed E-state index contributed by atoms with van der Waals surface area (Å²) >= 11 is 5.92. The molecule has 0 saturated heterocycles. The van der Waals surface area contributed by atoms with Gasteiger partial charge in [-0.2, -0.15) is 0 Å². The van der Waals surface area contributed by atoms with Gasteiger partial charge >= 0.3 is 0 Å². The van der Waals surface area contributed by atoms with E-state index in [4.69, 9.17) is 32.2 Å². The summed E-state index contributed by atoms with van der Waals surface area (Å²) in [5.41, 5.74) is 2.14. The average molecular weight is 430 g/mol. The molecule has 30 heavy (non-hydrogen) atoms. The van der Waals surface area contributed by atoms with Crippen molar-refractivity contribution in [2.45, 2.75) is 32.3 Å². The lowest BCUT2D eigenvalue weighted by atomic mass is 10.1. The minimum atomic E-state index is -0.486. The van der Waals surface area contributed by atoms with Crippen molar-refractivity contribution >= 4 is 17.5 Å². The summed E-state index contributed by atoms with van der Waals surface area (Å²) in [7, 11) is 1.58. The van der Waals surface area contributed by atoms with Gasteiger partial charge in [-0.15, -0.1) is 6.42 Å². The molecular formula is C24H28ClNO4. The molecule has 160 valence electrons. The molecule has 0 heterocycles. The SMILES string of the molecule is C#CCOc1ccc(CCNC(=O)[C@H](CCc2ccc(Cl)cc2)OCC)cc1OC. The molecule has 2 aromatic rings. The Morgan fingerprint density at radius 2 is 1.87 bits per heavy atom. The fourth-order valence-electron chi connectivity index (χ4n) is 2.99. The van der Waals surface area contributed by atoms with Crippen LogP contribution < -0.4 is 14.8 Å². The van der Waals surface area contributed by atoms with Crippen LogP contribution in [0.4, 0.5) is 0 Å². The summed E-state index contributed by atoms with van der Waals surface area (Å²) in [6, 6.07) is 13.3. The molecule has 0 aliphatic rings. The summed E-state index contributed by atoms with van der Waals surface area (Å²) < 4.78 is 16.5. The van der Waals surface area contributed by atoms with E-state index in [1.54, 1.807) is 7.11 Å². The van der Waals surface area contributed by atoms with Crippen molar-refractivity contribution in [3.63, 3.8) is 0 Å². The molecule has 0 radical (unpaired) electrons. The van der Waals surface area contributed by atoms with E-state index in [1.807, 2.05) is 49.4 Å². The molecule has 5 nitrogen and oxygen atoms in total. The van der Waals surface area contributed by atoms with Crippen molar-refractivity contribution in [1.29, 1.82) is 0 Å². The number of aryl methyl sites for hydroxylation is 1. The highest BCUT2D eigenvalue weighted by Crippen LogP contribution is 2.28. The number of ether oxygens (including phenoxy) is 3. The predicted octanol–water partition coefficient (Wildman–Crippen LogP) is 4.06. The molecular weight excluding hydrogens is 402 g/mol. The fraction of sp³-hybridized carbons (Fsp3) is 0.375. The van der Waals surface area contributed by atoms with Gasteiger partial charge in [-0.1, -0.05) is 35.7 Å². The summed E-state index contributed by atoms with van der Waals surface area (Å²) in [5, 5.41) is 3.66. The van der Waals surface area contributed by atoms with E-state index in [0.717, 1.165) is 17.5 Å². The Balaban J connectivity index is 1.86. The molecule has 0 saturated carbocycles. The minimum absolute atomic E-state index is 0.105. The maximum absolute atomic E-state index is 12.6. The Morgan fingerprint density at radius 3 is 2.53 bits per heavy atom. The number of amides is 1. The topological polar surface area (TPSA) is 56.8 Å². The maximum atomic E-state index is 12.6. The van der Waals surface area contributed by atoms with Gasteiger partial charge in [0.15, 0.2) is 11.5 Å². The molecule has 2 aromatic carbocycles. The molecule has 1 N–H and O–H groups in total. The van der Waals surface area contributed by atoms with Crippen LogP contribution in [-0.2, 0) is 22.4 Å². The lowest BCUT2D eigenvalue weighted by Crippen LogP contribution is -2.37. The Bertz CT molecular complexity index is 845. The van der Waals surface area contributed by atoms with Crippen LogP contribution in [0.3, 0.4) is 0 Å². The van der Waals surface area contributed by atoms with Crippen molar-refractivity contribution < 1.29 is 19.0 Å².